The monoisotopic (exact) mass is 408 g/mol. The Kier molecular flexibility index (Phi) is 7.87. The summed E-state index contributed by atoms with van der Waals surface area (Å²) >= 11 is 0. The van der Waals surface area contributed by atoms with E-state index in [0.717, 1.165) is 37.3 Å². The van der Waals surface area contributed by atoms with Crippen LogP contribution in [0.3, 0.4) is 0 Å². The molecule has 0 unspecified atom stereocenters. The third-order valence-corrected chi connectivity index (χ3v) is 5.28. The third kappa shape index (κ3) is 5.69. The number of nitrogens with two attached hydrogens (primary N) is 1. The molecule has 0 bridgehead atoms. The van der Waals surface area contributed by atoms with E-state index in [1.54, 1.807) is 0 Å². The highest BCUT2D eigenvalue weighted by molar-refractivity contribution is 5.85. The molecule has 0 aliphatic heterocycles. The second kappa shape index (κ2) is 9.72. The molecule has 0 radical (unpaired) electrons. The SMILES string of the molecule is CC(C)(C)c1ccc(OCc2nc(C3CCC(N)CC3)n(CCO)n2)cc1.Cl. The zero-order valence-corrected chi connectivity index (χ0v) is 17.9. The Morgan fingerprint density at radius 3 is 2.36 bits per heavy atom. The fourth-order valence-corrected chi connectivity index (χ4v) is 3.60. The summed E-state index contributed by atoms with van der Waals surface area (Å²) < 4.78 is 7.73. The molecule has 3 N–H and O–H groups in total. The van der Waals surface area contributed by atoms with E-state index < -0.39 is 0 Å². The van der Waals surface area contributed by atoms with Crippen molar-refractivity contribution in [2.24, 2.45) is 5.73 Å². The van der Waals surface area contributed by atoms with Gasteiger partial charge >= 0.3 is 0 Å². The number of benzene rings is 1. The maximum absolute atomic E-state index is 9.35. The Morgan fingerprint density at radius 1 is 1.14 bits per heavy atom. The van der Waals surface area contributed by atoms with Gasteiger partial charge in [-0.25, -0.2) is 9.67 Å². The molecule has 0 amide bonds. The Labute approximate surface area is 173 Å². The summed E-state index contributed by atoms with van der Waals surface area (Å²) in [6.07, 6.45) is 4.09. The number of aromatic nitrogens is 3. The van der Waals surface area contributed by atoms with Gasteiger partial charge in [0.2, 0.25) is 0 Å². The fraction of sp³-hybridized carbons (Fsp3) is 0.619. The molecular formula is C21H33ClN4O2. The highest BCUT2D eigenvalue weighted by Crippen LogP contribution is 2.31. The Hall–Kier alpha value is -1.63. The van der Waals surface area contributed by atoms with Crippen molar-refractivity contribution >= 4 is 12.4 Å². The van der Waals surface area contributed by atoms with E-state index >= 15 is 0 Å². The Morgan fingerprint density at radius 2 is 1.79 bits per heavy atom. The molecule has 0 saturated heterocycles. The minimum atomic E-state index is 0. The number of ether oxygens (including phenoxy) is 1. The molecule has 1 aromatic carbocycles. The lowest BCUT2D eigenvalue weighted by Gasteiger charge is -2.25. The van der Waals surface area contributed by atoms with Crippen molar-refractivity contribution < 1.29 is 9.84 Å². The van der Waals surface area contributed by atoms with Crippen molar-refractivity contribution in [2.45, 2.75) is 77.0 Å². The number of hydrogen-bond acceptors (Lipinski definition) is 5. The highest BCUT2D eigenvalue weighted by atomic mass is 35.5. The smallest absolute Gasteiger partial charge is 0.188 e. The molecule has 1 aliphatic rings. The van der Waals surface area contributed by atoms with E-state index in [0.29, 0.717) is 30.9 Å². The van der Waals surface area contributed by atoms with Gasteiger partial charge in [0.25, 0.3) is 0 Å². The summed E-state index contributed by atoms with van der Waals surface area (Å²) in [7, 11) is 0. The molecule has 6 nitrogen and oxygen atoms in total. The zero-order chi connectivity index (χ0) is 19.4. The van der Waals surface area contributed by atoms with Crippen molar-refractivity contribution in [1.82, 2.24) is 14.8 Å². The van der Waals surface area contributed by atoms with Crippen LogP contribution in [0.25, 0.3) is 0 Å². The van der Waals surface area contributed by atoms with Crippen molar-refractivity contribution in [3.63, 3.8) is 0 Å². The number of halogens is 1. The first-order valence-electron chi connectivity index (χ1n) is 9.90. The minimum Gasteiger partial charge on any atom is -0.486 e. The topological polar surface area (TPSA) is 86.2 Å². The van der Waals surface area contributed by atoms with Crippen LogP contribution in [-0.4, -0.2) is 32.5 Å². The van der Waals surface area contributed by atoms with Gasteiger partial charge in [0.15, 0.2) is 5.82 Å². The predicted octanol–water partition coefficient (Wildman–Crippen LogP) is 3.55. The molecule has 0 spiro atoms. The first-order chi connectivity index (χ1) is 12.9. The summed E-state index contributed by atoms with van der Waals surface area (Å²) in [5.74, 6) is 2.79. The molecular weight excluding hydrogens is 376 g/mol. The normalized spacial score (nSPS) is 19.9. The number of rotatable bonds is 6. The van der Waals surface area contributed by atoms with Gasteiger partial charge in [-0.05, 0) is 48.8 Å². The van der Waals surface area contributed by atoms with Gasteiger partial charge in [0, 0.05) is 12.0 Å². The van der Waals surface area contributed by atoms with E-state index in [4.69, 9.17) is 15.5 Å². The summed E-state index contributed by atoms with van der Waals surface area (Å²) in [5.41, 5.74) is 7.43. The van der Waals surface area contributed by atoms with E-state index in [2.05, 4.69) is 38.0 Å². The molecule has 1 saturated carbocycles. The van der Waals surface area contributed by atoms with Crippen molar-refractivity contribution in [3.05, 3.63) is 41.5 Å². The van der Waals surface area contributed by atoms with Crippen LogP contribution in [0.1, 0.15) is 69.6 Å². The summed E-state index contributed by atoms with van der Waals surface area (Å²) in [5, 5.41) is 13.9. The molecule has 1 fully saturated rings. The van der Waals surface area contributed by atoms with Crippen molar-refractivity contribution in [3.8, 4) is 5.75 Å². The lowest BCUT2D eigenvalue weighted by molar-refractivity contribution is 0.260. The number of nitrogens with zero attached hydrogens (tertiary/aromatic N) is 3. The van der Waals surface area contributed by atoms with Crippen LogP contribution in [0.5, 0.6) is 5.75 Å². The number of aliphatic hydroxyl groups is 1. The summed E-state index contributed by atoms with van der Waals surface area (Å²) in [6.45, 7) is 7.43. The van der Waals surface area contributed by atoms with Gasteiger partial charge in [-0.3, -0.25) is 0 Å². The van der Waals surface area contributed by atoms with E-state index in [-0.39, 0.29) is 24.4 Å². The van der Waals surface area contributed by atoms with Crippen LogP contribution in [0.4, 0.5) is 0 Å². The quantitative estimate of drug-likeness (QED) is 0.763. The predicted molar refractivity (Wildman–Crippen MR) is 113 cm³/mol. The fourth-order valence-electron chi connectivity index (χ4n) is 3.60. The molecule has 7 heteroatoms. The number of hydrogen-bond donors (Lipinski definition) is 2. The average Bonchev–Trinajstić information content (AvgIpc) is 3.03. The zero-order valence-electron chi connectivity index (χ0n) is 17.1. The number of aliphatic hydroxyl groups excluding tert-OH is 1. The van der Waals surface area contributed by atoms with Gasteiger partial charge in [-0.15, -0.1) is 12.4 Å². The standard InChI is InChI=1S/C21H32N4O2.ClH/c1-21(2,3)16-6-10-18(11-7-16)27-14-19-23-20(25(24-19)12-13-26)15-4-8-17(22)9-5-15;/h6-7,10-11,15,17,26H,4-5,8-9,12-14,22H2,1-3H3;1H. The van der Waals surface area contributed by atoms with Crippen LogP contribution in [0, 0.1) is 0 Å². The van der Waals surface area contributed by atoms with E-state index in [1.807, 2.05) is 16.8 Å². The third-order valence-electron chi connectivity index (χ3n) is 5.28. The Bertz CT molecular complexity index is 732. The molecule has 28 heavy (non-hydrogen) atoms. The van der Waals surface area contributed by atoms with Gasteiger partial charge in [-0.2, -0.15) is 5.10 Å². The van der Waals surface area contributed by atoms with Crippen LogP contribution in [0.2, 0.25) is 0 Å². The summed E-state index contributed by atoms with van der Waals surface area (Å²) in [4.78, 5) is 4.72. The van der Waals surface area contributed by atoms with Crippen LogP contribution >= 0.6 is 12.4 Å². The highest BCUT2D eigenvalue weighted by Gasteiger charge is 2.25. The second-order valence-electron chi connectivity index (χ2n) is 8.51. The maximum atomic E-state index is 9.35. The first kappa shape index (κ1) is 22.7. The minimum absolute atomic E-state index is 0. The Balaban J connectivity index is 0.00000280. The average molecular weight is 409 g/mol. The molecule has 0 atom stereocenters. The van der Waals surface area contributed by atoms with Crippen LogP contribution in [-0.2, 0) is 18.6 Å². The molecule has 156 valence electrons. The van der Waals surface area contributed by atoms with Gasteiger partial charge in [0.1, 0.15) is 18.2 Å². The molecule has 2 aromatic rings. The van der Waals surface area contributed by atoms with Gasteiger partial charge in [0.05, 0.1) is 13.2 Å². The second-order valence-corrected chi connectivity index (χ2v) is 8.51. The molecule has 1 heterocycles. The largest absolute Gasteiger partial charge is 0.486 e. The maximum Gasteiger partial charge on any atom is 0.188 e. The van der Waals surface area contributed by atoms with Crippen molar-refractivity contribution in [1.29, 1.82) is 0 Å². The molecule has 1 aliphatic carbocycles. The first-order valence-corrected chi connectivity index (χ1v) is 9.90. The van der Waals surface area contributed by atoms with Crippen LogP contribution < -0.4 is 10.5 Å². The molecule has 3 rings (SSSR count). The van der Waals surface area contributed by atoms with E-state index in [9.17, 15) is 5.11 Å². The molecule has 1 aromatic heterocycles. The lowest BCUT2D eigenvalue weighted by atomic mass is 9.86. The lowest BCUT2D eigenvalue weighted by Crippen LogP contribution is -2.27. The van der Waals surface area contributed by atoms with Gasteiger partial charge in [-0.1, -0.05) is 32.9 Å². The summed E-state index contributed by atoms with van der Waals surface area (Å²) in [6, 6.07) is 8.49. The van der Waals surface area contributed by atoms with Gasteiger partial charge < -0.3 is 15.6 Å². The van der Waals surface area contributed by atoms with E-state index in [1.165, 1.54) is 5.56 Å². The van der Waals surface area contributed by atoms with Crippen molar-refractivity contribution in [2.75, 3.05) is 6.61 Å². The van der Waals surface area contributed by atoms with Crippen LogP contribution in [0.15, 0.2) is 24.3 Å².